The second kappa shape index (κ2) is 9.25. The number of benzene rings is 2. The molecule has 2 aromatic carbocycles. The molecule has 2 aliphatic rings. The minimum Gasteiger partial charge on any atom is -0.494 e. The molecule has 0 atom stereocenters. The highest BCUT2D eigenvalue weighted by atomic mass is 16.5. The smallest absolute Gasteiger partial charge is 0.282 e. The Balaban J connectivity index is 1.73. The lowest BCUT2D eigenvalue weighted by Gasteiger charge is -2.29. The Morgan fingerprint density at radius 2 is 1.29 bits per heavy atom. The fraction of sp³-hybridized carbons (Fsp3) is 0.360. The zero-order valence-corrected chi connectivity index (χ0v) is 18.1. The summed E-state index contributed by atoms with van der Waals surface area (Å²) in [6.07, 6.45) is 3.18. The average molecular weight is 421 g/mol. The first-order valence-corrected chi connectivity index (χ1v) is 11.0. The van der Waals surface area contributed by atoms with Crippen molar-refractivity contribution in [2.75, 3.05) is 31.2 Å². The molecule has 0 unspecified atom stereocenters. The average Bonchev–Trinajstić information content (AvgIpc) is 3.06. The highest BCUT2D eigenvalue weighted by Gasteiger charge is 2.42. The first-order chi connectivity index (χ1) is 15.1. The molecule has 0 aliphatic carbocycles. The third-order valence-corrected chi connectivity index (χ3v) is 5.59. The molecule has 0 spiro atoms. The molecule has 0 aromatic heterocycles. The molecule has 6 heteroatoms. The van der Waals surface area contributed by atoms with E-state index in [1.165, 1.54) is 4.90 Å². The maximum Gasteiger partial charge on any atom is 0.282 e. The van der Waals surface area contributed by atoms with Crippen molar-refractivity contribution in [1.82, 2.24) is 4.90 Å². The molecule has 6 nitrogen and oxygen atoms in total. The van der Waals surface area contributed by atoms with E-state index in [2.05, 4.69) is 4.90 Å². The fourth-order valence-corrected chi connectivity index (χ4v) is 4.17. The summed E-state index contributed by atoms with van der Waals surface area (Å²) in [4.78, 5) is 30.4. The predicted octanol–water partition coefficient (Wildman–Crippen LogP) is 4.25. The van der Waals surface area contributed by atoms with Crippen molar-refractivity contribution in [2.24, 2.45) is 0 Å². The minimum absolute atomic E-state index is 0.264. The van der Waals surface area contributed by atoms with Gasteiger partial charge in [-0.3, -0.25) is 9.59 Å². The van der Waals surface area contributed by atoms with Crippen LogP contribution < -0.4 is 14.4 Å². The van der Waals surface area contributed by atoms with Crippen molar-refractivity contribution in [3.63, 3.8) is 0 Å². The quantitative estimate of drug-likeness (QED) is 0.627. The standard InChI is InChI=1S/C25H28N2O4/c1-3-30-20-12-8-18(9-13-20)22-23(26-16-6-5-7-17-26)25(29)27(24(22)28)19-10-14-21(15-11-19)31-4-2/h8-15H,3-7,16-17H2,1-2H3. The molecular weight excluding hydrogens is 392 g/mol. The molecule has 2 aromatic rings. The molecule has 1 fully saturated rings. The number of amides is 2. The number of anilines is 1. The van der Waals surface area contributed by atoms with Crippen LogP contribution in [0.2, 0.25) is 0 Å². The van der Waals surface area contributed by atoms with Crippen LogP contribution in [0.15, 0.2) is 54.2 Å². The van der Waals surface area contributed by atoms with Gasteiger partial charge in [-0.25, -0.2) is 4.90 Å². The van der Waals surface area contributed by atoms with Crippen molar-refractivity contribution in [1.29, 1.82) is 0 Å². The molecular formula is C25H28N2O4. The maximum atomic E-state index is 13.5. The van der Waals surface area contributed by atoms with Crippen LogP contribution in [-0.2, 0) is 9.59 Å². The van der Waals surface area contributed by atoms with Crippen LogP contribution in [0.5, 0.6) is 11.5 Å². The minimum atomic E-state index is -0.293. The highest BCUT2D eigenvalue weighted by molar-refractivity contribution is 6.45. The first kappa shape index (κ1) is 21.0. The summed E-state index contributed by atoms with van der Waals surface area (Å²) in [5, 5.41) is 0. The van der Waals surface area contributed by atoms with Gasteiger partial charge in [-0.15, -0.1) is 0 Å². The van der Waals surface area contributed by atoms with E-state index in [4.69, 9.17) is 9.47 Å². The van der Waals surface area contributed by atoms with Crippen LogP contribution in [0.3, 0.4) is 0 Å². The molecule has 31 heavy (non-hydrogen) atoms. The number of ether oxygens (including phenoxy) is 2. The second-order valence-electron chi connectivity index (χ2n) is 7.60. The highest BCUT2D eigenvalue weighted by Crippen LogP contribution is 2.36. The number of hydrogen-bond acceptors (Lipinski definition) is 5. The molecule has 0 saturated carbocycles. The molecule has 2 aliphatic heterocycles. The van der Waals surface area contributed by atoms with Crippen LogP contribution in [-0.4, -0.2) is 43.0 Å². The van der Waals surface area contributed by atoms with E-state index in [1.54, 1.807) is 24.3 Å². The number of nitrogens with zero attached hydrogens (tertiary/aromatic N) is 2. The Labute approximate surface area is 183 Å². The topological polar surface area (TPSA) is 59.1 Å². The van der Waals surface area contributed by atoms with Gasteiger partial charge in [-0.05, 0) is 75.1 Å². The zero-order valence-electron chi connectivity index (χ0n) is 18.1. The van der Waals surface area contributed by atoms with Gasteiger partial charge in [0.2, 0.25) is 0 Å². The van der Waals surface area contributed by atoms with E-state index in [0.29, 0.717) is 35.9 Å². The third kappa shape index (κ3) is 4.15. The van der Waals surface area contributed by atoms with Gasteiger partial charge >= 0.3 is 0 Å². The van der Waals surface area contributed by atoms with Gasteiger partial charge in [0.25, 0.3) is 11.8 Å². The van der Waals surface area contributed by atoms with Crippen molar-refractivity contribution in [2.45, 2.75) is 33.1 Å². The molecule has 0 N–H and O–H groups in total. The summed E-state index contributed by atoms with van der Waals surface area (Å²) in [5.41, 5.74) is 2.25. The Kier molecular flexibility index (Phi) is 6.26. The summed E-state index contributed by atoms with van der Waals surface area (Å²) in [6.45, 7) is 6.55. The Hall–Kier alpha value is -3.28. The summed E-state index contributed by atoms with van der Waals surface area (Å²) >= 11 is 0. The first-order valence-electron chi connectivity index (χ1n) is 11.0. The van der Waals surface area contributed by atoms with Gasteiger partial charge in [0.05, 0.1) is 24.5 Å². The lowest BCUT2D eigenvalue weighted by atomic mass is 10.0. The van der Waals surface area contributed by atoms with E-state index in [1.807, 2.05) is 38.1 Å². The summed E-state index contributed by atoms with van der Waals surface area (Å²) in [5.74, 6) is 0.895. The van der Waals surface area contributed by atoms with Crippen molar-refractivity contribution in [3.05, 3.63) is 59.8 Å². The van der Waals surface area contributed by atoms with Gasteiger partial charge < -0.3 is 14.4 Å². The van der Waals surface area contributed by atoms with Gasteiger partial charge in [0.15, 0.2) is 0 Å². The van der Waals surface area contributed by atoms with Gasteiger partial charge in [0, 0.05) is 13.1 Å². The number of likely N-dealkylation sites (tertiary alicyclic amines) is 1. The molecule has 0 bridgehead atoms. The summed E-state index contributed by atoms with van der Waals surface area (Å²) < 4.78 is 11.0. The number of imide groups is 1. The summed E-state index contributed by atoms with van der Waals surface area (Å²) in [6, 6.07) is 14.5. The van der Waals surface area contributed by atoms with Crippen molar-refractivity contribution in [3.8, 4) is 11.5 Å². The fourth-order valence-electron chi connectivity index (χ4n) is 4.17. The van der Waals surface area contributed by atoms with Crippen LogP contribution in [0, 0.1) is 0 Å². The number of rotatable bonds is 7. The van der Waals surface area contributed by atoms with E-state index >= 15 is 0 Å². The lowest BCUT2D eigenvalue weighted by molar-refractivity contribution is -0.120. The molecule has 4 rings (SSSR count). The largest absolute Gasteiger partial charge is 0.494 e. The second-order valence-corrected chi connectivity index (χ2v) is 7.60. The Morgan fingerprint density at radius 3 is 1.84 bits per heavy atom. The Bertz CT molecular complexity index is 974. The molecule has 0 radical (unpaired) electrons. The van der Waals surface area contributed by atoms with Crippen molar-refractivity contribution < 1.29 is 19.1 Å². The van der Waals surface area contributed by atoms with Crippen LogP contribution in [0.4, 0.5) is 5.69 Å². The Morgan fingerprint density at radius 1 is 0.742 bits per heavy atom. The van der Waals surface area contributed by atoms with Gasteiger partial charge in [0.1, 0.15) is 17.2 Å². The lowest BCUT2D eigenvalue weighted by Crippen LogP contribution is -2.37. The maximum absolute atomic E-state index is 13.5. The van der Waals surface area contributed by atoms with Crippen molar-refractivity contribution >= 4 is 23.1 Å². The van der Waals surface area contributed by atoms with Crippen LogP contribution in [0.1, 0.15) is 38.7 Å². The number of hydrogen-bond donors (Lipinski definition) is 0. The van der Waals surface area contributed by atoms with Crippen LogP contribution >= 0.6 is 0 Å². The zero-order chi connectivity index (χ0) is 21.8. The van der Waals surface area contributed by atoms with Gasteiger partial charge in [-0.2, -0.15) is 0 Å². The monoisotopic (exact) mass is 420 g/mol. The molecule has 2 amide bonds. The molecule has 1 saturated heterocycles. The van der Waals surface area contributed by atoms with Crippen LogP contribution in [0.25, 0.3) is 5.57 Å². The number of carbonyl (C=O) groups is 2. The SMILES string of the molecule is CCOc1ccc(C2=C(N3CCCCC3)C(=O)N(c3ccc(OCC)cc3)C2=O)cc1. The molecule has 162 valence electrons. The summed E-state index contributed by atoms with van der Waals surface area (Å²) in [7, 11) is 0. The normalized spacial score (nSPS) is 16.8. The van der Waals surface area contributed by atoms with E-state index in [9.17, 15) is 9.59 Å². The van der Waals surface area contributed by atoms with Gasteiger partial charge in [-0.1, -0.05) is 12.1 Å². The number of piperidine rings is 1. The van der Waals surface area contributed by atoms with E-state index < -0.39 is 0 Å². The number of carbonyl (C=O) groups excluding carboxylic acids is 2. The molecule has 2 heterocycles. The predicted molar refractivity (Wildman–Crippen MR) is 120 cm³/mol. The van der Waals surface area contributed by atoms with E-state index in [0.717, 1.165) is 43.7 Å². The third-order valence-electron chi connectivity index (χ3n) is 5.59. The van der Waals surface area contributed by atoms with E-state index in [-0.39, 0.29) is 11.8 Å².